The number of carbonyl (C=O) groups excluding carboxylic acids is 3. The summed E-state index contributed by atoms with van der Waals surface area (Å²) in [5, 5.41) is 14.1. The number of nitrogens with zero attached hydrogens (tertiary/aromatic N) is 1. The molecule has 228 valence electrons. The number of rotatable bonds is 13. The van der Waals surface area contributed by atoms with Crippen LogP contribution >= 0.6 is 20.7 Å². The number of unbranched alkanes of at least 4 members (excludes halogenated alkanes) is 1. The summed E-state index contributed by atoms with van der Waals surface area (Å²) in [5.41, 5.74) is -0.683. The number of aromatic nitrogens is 1. The quantitative estimate of drug-likeness (QED) is 0.0914. The maximum Gasteiger partial charge on any atom is 0.411 e. The summed E-state index contributed by atoms with van der Waals surface area (Å²) in [6.45, 7) is 1.01. The van der Waals surface area contributed by atoms with Crippen molar-refractivity contribution in [3.63, 3.8) is 0 Å². The zero-order valence-corrected chi connectivity index (χ0v) is 25.1. The molecule has 3 heterocycles. The van der Waals surface area contributed by atoms with Crippen molar-refractivity contribution in [2.45, 2.75) is 32.6 Å². The summed E-state index contributed by atoms with van der Waals surface area (Å²) in [4.78, 5) is 62.4. The summed E-state index contributed by atoms with van der Waals surface area (Å²) < 4.78 is 27.1. The molecule has 0 bridgehead atoms. The van der Waals surface area contributed by atoms with Gasteiger partial charge in [-0.25, -0.2) is 9.59 Å². The molecular formula is C28H28N2O11S2. The molecular weight excluding hydrogens is 604 g/mol. The van der Waals surface area contributed by atoms with Gasteiger partial charge < -0.3 is 28.5 Å². The minimum Gasteiger partial charge on any atom is -0.507 e. The van der Waals surface area contributed by atoms with Gasteiger partial charge in [0, 0.05) is 30.4 Å². The second-order valence-corrected chi connectivity index (χ2v) is 11.2. The first-order valence-corrected chi connectivity index (χ1v) is 15.2. The summed E-state index contributed by atoms with van der Waals surface area (Å²) in [6, 6.07) is 6.21. The van der Waals surface area contributed by atoms with Gasteiger partial charge in [-0.3, -0.25) is 24.3 Å². The third-order valence-electron chi connectivity index (χ3n) is 6.21. The first kappa shape index (κ1) is 31.3. The van der Waals surface area contributed by atoms with Crippen molar-refractivity contribution in [2.75, 3.05) is 32.8 Å². The van der Waals surface area contributed by atoms with E-state index in [4.69, 9.17) is 23.4 Å². The van der Waals surface area contributed by atoms with E-state index in [9.17, 15) is 29.1 Å². The molecule has 0 unspecified atom stereocenters. The Morgan fingerprint density at radius 2 is 1.77 bits per heavy atom. The van der Waals surface area contributed by atoms with Crippen molar-refractivity contribution in [3.8, 4) is 33.5 Å². The molecule has 2 N–H and O–H groups in total. The van der Waals surface area contributed by atoms with Crippen molar-refractivity contribution < 1.29 is 42.9 Å². The monoisotopic (exact) mass is 632 g/mol. The fourth-order valence-electron chi connectivity index (χ4n) is 4.21. The fourth-order valence-corrected chi connectivity index (χ4v) is 6.41. The molecule has 2 aliphatic rings. The second-order valence-electron chi connectivity index (χ2n) is 9.08. The van der Waals surface area contributed by atoms with Gasteiger partial charge in [0.1, 0.15) is 47.5 Å². The van der Waals surface area contributed by atoms with Crippen molar-refractivity contribution in [3.05, 3.63) is 61.7 Å². The number of methoxy groups -OCH3 is 2. The molecule has 0 saturated carbocycles. The molecule has 2 aliphatic heterocycles. The van der Waals surface area contributed by atoms with Crippen LogP contribution in [-0.4, -0.2) is 55.0 Å². The summed E-state index contributed by atoms with van der Waals surface area (Å²) in [7, 11) is 5.70. The van der Waals surface area contributed by atoms with Crippen molar-refractivity contribution >= 4 is 44.2 Å². The van der Waals surface area contributed by atoms with Crippen LogP contribution in [0.3, 0.4) is 0 Å². The van der Waals surface area contributed by atoms with Crippen LogP contribution in [0, 0.1) is 6.92 Å². The Labute approximate surface area is 251 Å². The van der Waals surface area contributed by atoms with Crippen LogP contribution in [0.5, 0.6) is 17.2 Å². The number of benzene rings is 1. The summed E-state index contributed by atoms with van der Waals surface area (Å²) in [5.74, 6) is -0.447. The number of amides is 1. The lowest BCUT2D eigenvalue weighted by Gasteiger charge is -2.11. The Kier molecular flexibility index (Phi) is 10.2. The number of aromatic hydroxyl groups is 1. The Hall–Kier alpha value is -4.63. The molecule has 0 radical (unpaired) electrons. The van der Waals surface area contributed by atoms with E-state index < -0.39 is 40.3 Å². The van der Waals surface area contributed by atoms with Crippen LogP contribution in [0.15, 0.2) is 43.7 Å². The van der Waals surface area contributed by atoms with Crippen LogP contribution in [0.2, 0.25) is 0 Å². The topological polar surface area (TPSA) is 173 Å². The van der Waals surface area contributed by atoms with Crippen LogP contribution in [-0.2, 0) is 14.3 Å². The van der Waals surface area contributed by atoms with Crippen LogP contribution in [0.4, 0.5) is 10.5 Å². The molecule has 0 aliphatic carbocycles. The van der Waals surface area contributed by atoms with Crippen LogP contribution in [0.1, 0.15) is 41.8 Å². The second kappa shape index (κ2) is 14.0. The van der Waals surface area contributed by atoms with Gasteiger partial charge in [0.25, 0.3) is 5.56 Å². The van der Waals surface area contributed by atoms with Gasteiger partial charge in [0.15, 0.2) is 5.78 Å². The maximum atomic E-state index is 13.3. The molecule has 43 heavy (non-hydrogen) atoms. The van der Waals surface area contributed by atoms with Gasteiger partial charge in [-0.2, -0.15) is 0 Å². The molecule has 15 heteroatoms. The standard InChI is InChI=1S/C28H28N2O11S2/c1-15-12-20(32)23(27(35)41-15)19(31)6-4-5-7-22(33)39-10-11-40-28(36)29-24-25-18(14-42-43-25)30(26(24)34)17-9-8-16(37-2)13-21(17)38-3/h8-9,12-14,32H,4-7,10-11H2,1-3H3,(H,29,36). The molecule has 1 aromatic heterocycles. The van der Waals surface area contributed by atoms with Crippen molar-refractivity contribution in [1.29, 1.82) is 0 Å². The van der Waals surface area contributed by atoms with E-state index in [0.29, 0.717) is 34.2 Å². The number of esters is 1. The maximum absolute atomic E-state index is 13.3. The highest BCUT2D eigenvalue weighted by Crippen LogP contribution is 2.40. The number of Topliss-reactive ketones (excluding diaryl/α,β-unsaturated/α-hetero) is 1. The minimum absolute atomic E-state index is 0.00658. The highest BCUT2D eigenvalue weighted by molar-refractivity contribution is 7.70. The highest BCUT2D eigenvalue weighted by Gasteiger charge is 2.27. The zero-order valence-electron chi connectivity index (χ0n) is 23.4. The summed E-state index contributed by atoms with van der Waals surface area (Å²) in [6.07, 6.45) is -0.394. The number of hydrogen-bond acceptors (Lipinski definition) is 13. The van der Waals surface area contributed by atoms with Crippen LogP contribution < -0.4 is 26.0 Å². The minimum atomic E-state index is -0.909. The predicted molar refractivity (Wildman–Crippen MR) is 158 cm³/mol. The Bertz CT molecular complexity index is 1720. The normalized spacial score (nSPS) is 10.9. The molecule has 0 spiro atoms. The van der Waals surface area contributed by atoms with E-state index in [1.807, 2.05) is 0 Å². The van der Waals surface area contributed by atoms with E-state index in [2.05, 4.69) is 5.32 Å². The van der Waals surface area contributed by atoms with Crippen molar-refractivity contribution in [2.24, 2.45) is 0 Å². The number of hydrogen-bond donors (Lipinski definition) is 2. The lowest BCUT2D eigenvalue weighted by molar-refractivity contribution is -0.144. The van der Waals surface area contributed by atoms with E-state index in [0.717, 1.165) is 0 Å². The third-order valence-corrected chi connectivity index (χ3v) is 8.28. The molecule has 0 saturated heterocycles. The molecule has 1 aromatic carbocycles. The Morgan fingerprint density at radius 1 is 1.02 bits per heavy atom. The van der Waals surface area contributed by atoms with Crippen LogP contribution in [0.25, 0.3) is 16.3 Å². The lowest BCUT2D eigenvalue weighted by atomic mass is 10.1. The first-order chi connectivity index (χ1) is 20.6. The number of carbonyl (C=O) groups is 3. The van der Waals surface area contributed by atoms with Gasteiger partial charge in [-0.15, -0.1) is 0 Å². The molecule has 2 aromatic rings. The number of anilines is 1. The van der Waals surface area contributed by atoms with Crippen molar-refractivity contribution in [1.82, 2.24) is 4.57 Å². The third kappa shape index (κ3) is 7.24. The largest absolute Gasteiger partial charge is 0.507 e. The number of ether oxygens (including phenoxy) is 4. The lowest BCUT2D eigenvalue weighted by Crippen LogP contribution is -2.23. The smallest absolute Gasteiger partial charge is 0.411 e. The Balaban J connectivity index is 1.24. The number of aryl methyl sites for hydroxylation is 1. The Morgan fingerprint density at radius 3 is 2.49 bits per heavy atom. The van der Waals surface area contributed by atoms with Gasteiger partial charge >= 0.3 is 17.7 Å². The van der Waals surface area contributed by atoms with E-state index in [1.54, 1.807) is 23.6 Å². The van der Waals surface area contributed by atoms with Gasteiger partial charge in [-0.05, 0) is 31.9 Å². The molecule has 1 amide bonds. The fraction of sp³-hybridized carbons (Fsp3) is 0.321. The predicted octanol–water partition coefficient (Wildman–Crippen LogP) is 4.58. The molecule has 13 nitrogen and oxygen atoms in total. The molecule has 4 rings (SSSR count). The van der Waals surface area contributed by atoms with E-state index in [-0.39, 0.29) is 43.9 Å². The van der Waals surface area contributed by atoms with Gasteiger partial charge in [0.05, 0.1) is 30.5 Å². The zero-order chi connectivity index (χ0) is 31.1. The van der Waals surface area contributed by atoms with Gasteiger partial charge in [-0.1, -0.05) is 20.7 Å². The highest BCUT2D eigenvalue weighted by atomic mass is 32.9. The average molecular weight is 633 g/mol. The van der Waals surface area contributed by atoms with Gasteiger partial charge in [0.2, 0.25) is 0 Å². The van der Waals surface area contributed by atoms with E-state index >= 15 is 0 Å². The SMILES string of the molecule is COc1ccc(-n2c3cssc-3c(NC(=O)OCCOC(=O)CCCCC(=O)c3c(O)cc(C)oc3=O)c2=O)c(OC)c1. The summed E-state index contributed by atoms with van der Waals surface area (Å²) >= 11 is 0. The number of ketones is 1. The van der Waals surface area contributed by atoms with E-state index in [1.165, 1.54) is 52.5 Å². The molecule has 0 atom stereocenters. The average Bonchev–Trinajstić information content (AvgIpc) is 3.53. The molecule has 0 fully saturated rings. The number of fused-ring (bicyclic) bond motifs is 1. The number of nitrogens with one attached hydrogen (secondary N) is 1. The first-order valence-electron chi connectivity index (χ1n) is 13.0.